The largest absolute Gasteiger partial charge is 0.383 e. The van der Waals surface area contributed by atoms with Crippen LogP contribution in [0.5, 0.6) is 0 Å². The smallest absolute Gasteiger partial charge is 0.224 e. The van der Waals surface area contributed by atoms with E-state index in [1.165, 1.54) is 5.56 Å². The Hall–Kier alpha value is -5.38. The highest BCUT2D eigenvalue weighted by Crippen LogP contribution is 2.36. The summed E-state index contributed by atoms with van der Waals surface area (Å²) in [6.45, 7) is 0. The second-order valence-electron chi connectivity index (χ2n) is 9.74. The maximum absolute atomic E-state index is 12.8. The SMILES string of the molecule is Nc1ncccc1-c1nc2ccc(-n3cccn3)nc2n1-c1ccc2c(c1)CC[C@@H]2NC(=O)Cc1ccncc1. The molecule has 0 radical (unpaired) electrons. The second-order valence-corrected chi connectivity index (χ2v) is 9.74. The van der Waals surface area contributed by atoms with Gasteiger partial charge in [0.25, 0.3) is 0 Å². The van der Waals surface area contributed by atoms with Gasteiger partial charge in [0, 0.05) is 36.7 Å². The molecule has 1 aromatic carbocycles. The number of hydrogen-bond donors (Lipinski definition) is 2. The number of carbonyl (C=O) groups is 1. The monoisotopic (exact) mass is 527 g/mol. The Balaban J connectivity index is 1.28. The maximum atomic E-state index is 12.8. The number of pyridine rings is 3. The lowest BCUT2D eigenvalue weighted by Crippen LogP contribution is -2.28. The first-order valence-corrected chi connectivity index (χ1v) is 13.1. The van der Waals surface area contributed by atoms with E-state index in [9.17, 15) is 4.79 Å². The molecule has 5 aromatic heterocycles. The van der Waals surface area contributed by atoms with Crippen molar-refractivity contribution in [3.8, 4) is 22.9 Å². The van der Waals surface area contributed by atoms with E-state index in [1.807, 2.05) is 59.3 Å². The molecule has 0 saturated heterocycles. The van der Waals surface area contributed by atoms with E-state index >= 15 is 0 Å². The van der Waals surface area contributed by atoms with Gasteiger partial charge >= 0.3 is 0 Å². The summed E-state index contributed by atoms with van der Waals surface area (Å²) in [6.07, 6.45) is 10.7. The molecule has 0 fully saturated rings. The lowest BCUT2D eigenvalue weighted by molar-refractivity contribution is -0.121. The highest BCUT2D eigenvalue weighted by molar-refractivity contribution is 5.83. The number of nitrogens with zero attached hydrogens (tertiary/aromatic N) is 7. The molecule has 40 heavy (non-hydrogen) atoms. The lowest BCUT2D eigenvalue weighted by Gasteiger charge is -2.16. The van der Waals surface area contributed by atoms with E-state index in [0.29, 0.717) is 29.5 Å². The van der Waals surface area contributed by atoms with Gasteiger partial charge in [0.05, 0.1) is 18.0 Å². The van der Waals surface area contributed by atoms with E-state index in [0.717, 1.165) is 40.7 Å². The van der Waals surface area contributed by atoms with Gasteiger partial charge in [-0.2, -0.15) is 5.10 Å². The number of rotatable bonds is 6. The van der Waals surface area contributed by atoms with Crippen molar-refractivity contribution < 1.29 is 4.79 Å². The molecule has 0 unspecified atom stereocenters. The van der Waals surface area contributed by atoms with E-state index in [1.54, 1.807) is 29.5 Å². The van der Waals surface area contributed by atoms with Gasteiger partial charge in [-0.05, 0) is 84.1 Å². The van der Waals surface area contributed by atoms with Crippen molar-refractivity contribution in [2.45, 2.75) is 25.3 Å². The fraction of sp³-hybridized carbons (Fsp3) is 0.133. The van der Waals surface area contributed by atoms with Crippen LogP contribution in [0.2, 0.25) is 0 Å². The number of benzene rings is 1. The number of imidazole rings is 1. The number of aryl methyl sites for hydroxylation is 1. The molecule has 0 bridgehead atoms. The van der Waals surface area contributed by atoms with Crippen molar-refractivity contribution in [3.63, 3.8) is 0 Å². The van der Waals surface area contributed by atoms with Gasteiger partial charge in [0.1, 0.15) is 11.3 Å². The Morgan fingerprint density at radius 1 is 1.00 bits per heavy atom. The van der Waals surface area contributed by atoms with Crippen LogP contribution in [0.4, 0.5) is 5.82 Å². The number of carbonyl (C=O) groups excluding carboxylic acids is 1. The first kappa shape index (κ1) is 23.7. The molecule has 6 aromatic rings. The molecule has 1 atom stereocenters. The molecule has 1 amide bonds. The van der Waals surface area contributed by atoms with Gasteiger partial charge in [-0.15, -0.1) is 0 Å². The molecule has 3 N–H and O–H groups in total. The quantitative estimate of drug-likeness (QED) is 0.335. The number of hydrogen-bond acceptors (Lipinski definition) is 7. The third-order valence-corrected chi connectivity index (χ3v) is 7.22. The Morgan fingerprint density at radius 3 is 2.73 bits per heavy atom. The third-order valence-electron chi connectivity index (χ3n) is 7.22. The number of fused-ring (bicyclic) bond motifs is 2. The second kappa shape index (κ2) is 9.73. The fourth-order valence-electron chi connectivity index (χ4n) is 5.34. The third kappa shape index (κ3) is 4.25. The summed E-state index contributed by atoms with van der Waals surface area (Å²) >= 11 is 0. The van der Waals surface area contributed by atoms with Crippen LogP contribution in [0.25, 0.3) is 34.1 Å². The minimum Gasteiger partial charge on any atom is -0.383 e. The predicted molar refractivity (Wildman–Crippen MR) is 151 cm³/mol. The van der Waals surface area contributed by atoms with E-state index in [2.05, 4.69) is 32.5 Å². The van der Waals surface area contributed by atoms with E-state index < -0.39 is 0 Å². The molecule has 10 heteroatoms. The fourth-order valence-corrected chi connectivity index (χ4v) is 5.34. The summed E-state index contributed by atoms with van der Waals surface area (Å²) in [7, 11) is 0. The zero-order valence-corrected chi connectivity index (χ0v) is 21.5. The zero-order chi connectivity index (χ0) is 27.1. The average molecular weight is 528 g/mol. The van der Waals surface area contributed by atoms with Gasteiger partial charge < -0.3 is 11.1 Å². The van der Waals surface area contributed by atoms with Gasteiger partial charge in [-0.1, -0.05) is 6.07 Å². The van der Waals surface area contributed by atoms with Crippen LogP contribution in [0.15, 0.2) is 91.6 Å². The molecule has 5 heterocycles. The van der Waals surface area contributed by atoms with Crippen molar-refractivity contribution in [2.24, 2.45) is 0 Å². The van der Waals surface area contributed by atoms with E-state index in [4.69, 9.17) is 15.7 Å². The Kier molecular flexibility index (Phi) is 5.77. The molecule has 7 rings (SSSR count). The lowest BCUT2D eigenvalue weighted by atomic mass is 10.1. The van der Waals surface area contributed by atoms with Gasteiger partial charge in [-0.3, -0.25) is 14.3 Å². The van der Waals surface area contributed by atoms with Crippen molar-refractivity contribution in [2.75, 3.05) is 5.73 Å². The number of aromatic nitrogens is 7. The summed E-state index contributed by atoms with van der Waals surface area (Å²) in [5.41, 5.74) is 12.6. The number of nitrogens with two attached hydrogens (primary N) is 1. The first-order chi connectivity index (χ1) is 19.6. The molecular formula is C30H25N9O. The molecule has 196 valence electrons. The first-order valence-electron chi connectivity index (χ1n) is 13.1. The van der Waals surface area contributed by atoms with Crippen LogP contribution in [0.1, 0.15) is 29.2 Å². The maximum Gasteiger partial charge on any atom is 0.224 e. The summed E-state index contributed by atoms with van der Waals surface area (Å²) in [5.74, 6) is 1.73. The Bertz CT molecular complexity index is 1840. The molecule has 1 aliphatic rings. The summed E-state index contributed by atoms with van der Waals surface area (Å²) in [4.78, 5) is 30.9. The predicted octanol–water partition coefficient (Wildman–Crippen LogP) is 3.99. The number of nitrogens with one attached hydrogen (secondary N) is 1. The molecule has 0 spiro atoms. The highest BCUT2D eigenvalue weighted by Gasteiger charge is 2.26. The zero-order valence-electron chi connectivity index (χ0n) is 21.5. The van der Waals surface area contributed by atoms with Crippen LogP contribution in [0, 0.1) is 0 Å². The van der Waals surface area contributed by atoms with Crippen LogP contribution < -0.4 is 11.1 Å². The average Bonchev–Trinajstić information content (AvgIpc) is 3.72. The molecule has 0 aliphatic heterocycles. The summed E-state index contributed by atoms with van der Waals surface area (Å²) in [6, 6.07) is 19.4. The summed E-state index contributed by atoms with van der Waals surface area (Å²) in [5, 5.41) is 7.55. The van der Waals surface area contributed by atoms with Crippen molar-refractivity contribution in [3.05, 3.63) is 108 Å². The van der Waals surface area contributed by atoms with Crippen LogP contribution in [-0.4, -0.2) is 40.2 Å². The topological polar surface area (TPSA) is 129 Å². The highest BCUT2D eigenvalue weighted by atomic mass is 16.1. The minimum absolute atomic E-state index is 0.00146. The van der Waals surface area contributed by atoms with Gasteiger partial charge in [0.2, 0.25) is 5.91 Å². The molecule has 1 aliphatic carbocycles. The summed E-state index contributed by atoms with van der Waals surface area (Å²) < 4.78 is 3.74. The van der Waals surface area contributed by atoms with Crippen LogP contribution in [-0.2, 0) is 17.6 Å². The van der Waals surface area contributed by atoms with E-state index in [-0.39, 0.29) is 11.9 Å². The van der Waals surface area contributed by atoms with Gasteiger partial charge in [-0.25, -0.2) is 19.6 Å². The molecule has 10 nitrogen and oxygen atoms in total. The van der Waals surface area contributed by atoms with Crippen molar-refractivity contribution in [1.29, 1.82) is 0 Å². The van der Waals surface area contributed by atoms with Gasteiger partial charge in [0.15, 0.2) is 17.3 Å². The number of nitrogen functional groups attached to an aromatic ring is 1. The van der Waals surface area contributed by atoms with Crippen LogP contribution in [0.3, 0.4) is 0 Å². The number of amides is 1. The van der Waals surface area contributed by atoms with Crippen LogP contribution >= 0.6 is 0 Å². The molecule has 0 saturated carbocycles. The normalized spacial score (nSPS) is 14.3. The standard InChI is InChI=1S/C30H25N9O/c31-28-23(3-1-12-33-28)29-36-25-8-9-26(38-16-2-13-34-38)37-30(25)39(29)21-5-6-22-20(18-21)4-7-24(22)35-27(40)17-19-10-14-32-15-11-19/h1-3,5-6,8-16,18,24H,4,7,17H2,(H2,31,33)(H,35,40)/t24-/m0/s1. The van der Waals surface area contributed by atoms with Crippen molar-refractivity contribution >= 4 is 22.9 Å². The Labute approximate surface area is 229 Å². The molecular weight excluding hydrogens is 502 g/mol. The number of anilines is 1. The minimum atomic E-state index is -0.0316. The van der Waals surface area contributed by atoms with Crippen molar-refractivity contribution in [1.82, 2.24) is 39.6 Å². The Morgan fingerprint density at radius 2 is 1.90 bits per heavy atom.